The van der Waals surface area contributed by atoms with Gasteiger partial charge in [-0.2, -0.15) is 18.3 Å². The number of ether oxygens (including phenoxy) is 1. The number of halogens is 4. The predicted molar refractivity (Wildman–Crippen MR) is 94.3 cm³/mol. The highest BCUT2D eigenvalue weighted by molar-refractivity contribution is 6.31. The summed E-state index contributed by atoms with van der Waals surface area (Å²) in [7, 11) is 0. The number of alkyl halides is 3. The number of H-pyrrole nitrogens is 1. The molecule has 0 saturated heterocycles. The summed E-state index contributed by atoms with van der Waals surface area (Å²) in [4.78, 5) is 11.9. The Morgan fingerprint density at radius 1 is 1.19 bits per heavy atom. The molecule has 3 rings (SSSR count). The number of carbonyl (C=O) groups is 1. The average molecular weight is 396 g/mol. The van der Waals surface area contributed by atoms with Crippen LogP contribution in [-0.4, -0.2) is 16.3 Å². The largest absolute Gasteiger partial charge is 0.444 e. The van der Waals surface area contributed by atoms with E-state index in [-0.39, 0.29) is 12.3 Å². The van der Waals surface area contributed by atoms with Crippen molar-refractivity contribution in [2.24, 2.45) is 0 Å². The van der Waals surface area contributed by atoms with Crippen LogP contribution in [0.15, 0.2) is 54.9 Å². The molecule has 0 aliphatic heterocycles. The topological polar surface area (TPSA) is 67.0 Å². The van der Waals surface area contributed by atoms with E-state index >= 15 is 0 Å². The number of aromatic amines is 1. The van der Waals surface area contributed by atoms with Gasteiger partial charge in [-0.3, -0.25) is 10.4 Å². The highest BCUT2D eigenvalue weighted by atomic mass is 35.5. The second-order valence-corrected chi connectivity index (χ2v) is 5.99. The van der Waals surface area contributed by atoms with Gasteiger partial charge in [-0.15, -0.1) is 0 Å². The number of benzene rings is 2. The number of hydrogen-bond donors (Lipinski definition) is 2. The number of carbonyl (C=O) groups excluding carboxylic acids is 1. The van der Waals surface area contributed by atoms with Crippen molar-refractivity contribution in [3.8, 4) is 11.1 Å². The van der Waals surface area contributed by atoms with E-state index in [4.69, 9.17) is 16.3 Å². The average Bonchev–Trinajstić information content (AvgIpc) is 3.16. The molecule has 0 fully saturated rings. The summed E-state index contributed by atoms with van der Waals surface area (Å²) in [5.41, 5.74) is 1.38. The number of hydrogen-bond acceptors (Lipinski definition) is 3. The van der Waals surface area contributed by atoms with Crippen LogP contribution in [0.4, 0.5) is 23.7 Å². The Kier molecular flexibility index (Phi) is 5.36. The van der Waals surface area contributed by atoms with E-state index in [1.807, 2.05) is 12.1 Å². The van der Waals surface area contributed by atoms with Crippen LogP contribution in [0.3, 0.4) is 0 Å². The second kappa shape index (κ2) is 7.71. The number of nitrogens with zero attached hydrogens (tertiary/aromatic N) is 1. The first kappa shape index (κ1) is 18.8. The predicted octanol–water partition coefficient (Wildman–Crippen LogP) is 5.50. The molecule has 0 radical (unpaired) electrons. The van der Waals surface area contributed by atoms with Crippen molar-refractivity contribution >= 4 is 23.4 Å². The lowest BCUT2D eigenvalue weighted by Gasteiger charge is -2.12. The number of amides is 1. The molecule has 140 valence electrons. The minimum Gasteiger partial charge on any atom is -0.444 e. The Bertz CT molecular complexity index is 943. The smallest absolute Gasteiger partial charge is 0.417 e. The summed E-state index contributed by atoms with van der Waals surface area (Å²) in [5.74, 6) is 0. The van der Waals surface area contributed by atoms with Gasteiger partial charge in [0.2, 0.25) is 0 Å². The second-order valence-electron chi connectivity index (χ2n) is 5.58. The zero-order valence-corrected chi connectivity index (χ0v) is 14.4. The van der Waals surface area contributed by atoms with Gasteiger partial charge in [0.25, 0.3) is 0 Å². The van der Waals surface area contributed by atoms with Crippen molar-refractivity contribution in [3.63, 3.8) is 0 Å². The van der Waals surface area contributed by atoms with E-state index < -0.39 is 22.9 Å². The van der Waals surface area contributed by atoms with Crippen LogP contribution in [0.25, 0.3) is 11.1 Å². The Hall–Kier alpha value is -3.00. The summed E-state index contributed by atoms with van der Waals surface area (Å²) >= 11 is 5.55. The van der Waals surface area contributed by atoms with Gasteiger partial charge in [-0.05, 0) is 35.4 Å². The van der Waals surface area contributed by atoms with Crippen LogP contribution in [-0.2, 0) is 17.5 Å². The molecule has 2 aromatic carbocycles. The zero-order valence-electron chi connectivity index (χ0n) is 13.7. The summed E-state index contributed by atoms with van der Waals surface area (Å²) in [6, 6.07) is 10.3. The van der Waals surface area contributed by atoms with Gasteiger partial charge in [0.05, 0.1) is 16.8 Å². The molecule has 2 N–H and O–H groups in total. The van der Waals surface area contributed by atoms with Crippen LogP contribution < -0.4 is 5.32 Å². The fourth-order valence-electron chi connectivity index (χ4n) is 2.37. The van der Waals surface area contributed by atoms with Crippen LogP contribution in [0.5, 0.6) is 0 Å². The molecule has 9 heteroatoms. The normalized spacial score (nSPS) is 11.3. The number of nitrogens with one attached hydrogen (secondary N) is 2. The molecule has 3 aromatic rings. The lowest BCUT2D eigenvalue weighted by molar-refractivity contribution is -0.137. The molecule has 0 saturated carbocycles. The Morgan fingerprint density at radius 3 is 2.70 bits per heavy atom. The van der Waals surface area contributed by atoms with Crippen LogP contribution in [0.1, 0.15) is 11.1 Å². The summed E-state index contributed by atoms with van der Waals surface area (Å²) in [6.45, 7) is -0.0444. The van der Waals surface area contributed by atoms with Gasteiger partial charge in [0.15, 0.2) is 0 Å². The standard InChI is InChI=1S/C18H13ClF3N3O2/c19-16-5-4-14(7-15(16)18(20,21)22)25-17(26)27-10-11-2-1-3-12(6-11)13-8-23-24-9-13/h1-9H,10H2,(H,23,24)(H,25,26). The highest BCUT2D eigenvalue weighted by Gasteiger charge is 2.33. The molecule has 1 aromatic heterocycles. The van der Waals surface area contributed by atoms with Crippen LogP contribution in [0, 0.1) is 0 Å². The molecule has 0 aliphatic rings. The van der Waals surface area contributed by atoms with Gasteiger partial charge in [-0.25, -0.2) is 4.79 Å². The van der Waals surface area contributed by atoms with Gasteiger partial charge in [0, 0.05) is 17.4 Å². The zero-order chi connectivity index (χ0) is 19.4. The van der Waals surface area contributed by atoms with Gasteiger partial charge in [-0.1, -0.05) is 29.8 Å². The maximum Gasteiger partial charge on any atom is 0.417 e. The Morgan fingerprint density at radius 2 is 2.00 bits per heavy atom. The summed E-state index contributed by atoms with van der Waals surface area (Å²) in [6.07, 6.45) is -2.11. The van der Waals surface area contributed by atoms with Crippen molar-refractivity contribution in [2.75, 3.05) is 5.32 Å². The molecule has 0 spiro atoms. The molecular weight excluding hydrogens is 383 g/mol. The molecule has 27 heavy (non-hydrogen) atoms. The van der Waals surface area contributed by atoms with Gasteiger partial charge >= 0.3 is 12.3 Å². The third-order valence-corrected chi connectivity index (χ3v) is 3.98. The van der Waals surface area contributed by atoms with E-state index in [1.54, 1.807) is 24.5 Å². The van der Waals surface area contributed by atoms with Crippen molar-refractivity contribution < 1.29 is 22.7 Å². The number of anilines is 1. The fourth-order valence-corrected chi connectivity index (χ4v) is 2.60. The molecular formula is C18H13ClF3N3O2. The van der Waals surface area contributed by atoms with Crippen LogP contribution >= 0.6 is 11.6 Å². The van der Waals surface area contributed by atoms with Crippen molar-refractivity contribution in [1.82, 2.24) is 10.2 Å². The Labute approximate surface area is 157 Å². The molecule has 0 aliphatic carbocycles. The summed E-state index contributed by atoms with van der Waals surface area (Å²) < 4.78 is 43.6. The van der Waals surface area contributed by atoms with Gasteiger partial charge < -0.3 is 4.74 Å². The number of aromatic nitrogens is 2. The maximum absolute atomic E-state index is 12.9. The Balaban J connectivity index is 1.63. The minimum absolute atomic E-state index is 0.0444. The third-order valence-electron chi connectivity index (χ3n) is 3.65. The first-order valence-electron chi connectivity index (χ1n) is 7.71. The number of rotatable bonds is 4. The first-order valence-corrected chi connectivity index (χ1v) is 8.09. The lowest BCUT2D eigenvalue weighted by Crippen LogP contribution is -2.14. The van der Waals surface area contributed by atoms with E-state index in [2.05, 4.69) is 15.5 Å². The van der Waals surface area contributed by atoms with Crippen molar-refractivity contribution in [3.05, 3.63) is 71.0 Å². The van der Waals surface area contributed by atoms with Crippen LogP contribution in [0.2, 0.25) is 5.02 Å². The van der Waals surface area contributed by atoms with E-state index in [0.717, 1.165) is 28.8 Å². The summed E-state index contributed by atoms with van der Waals surface area (Å²) in [5, 5.41) is 8.39. The van der Waals surface area contributed by atoms with Crippen molar-refractivity contribution in [2.45, 2.75) is 12.8 Å². The SMILES string of the molecule is O=C(Nc1ccc(Cl)c(C(F)(F)F)c1)OCc1cccc(-c2cn[nH]c2)c1. The minimum atomic E-state index is -4.62. The van der Waals surface area contributed by atoms with E-state index in [1.165, 1.54) is 6.07 Å². The maximum atomic E-state index is 12.9. The fraction of sp³-hybridized carbons (Fsp3) is 0.111. The van der Waals surface area contributed by atoms with Gasteiger partial charge in [0.1, 0.15) is 6.61 Å². The molecule has 0 unspecified atom stereocenters. The monoisotopic (exact) mass is 395 g/mol. The van der Waals surface area contributed by atoms with E-state index in [9.17, 15) is 18.0 Å². The quantitative estimate of drug-likeness (QED) is 0.613. The third kappa shape index (κ3) is 4.79. The molecule has 1 heterocycles. The van der Waals surface area contributed by atoms with Crippen molar-refractivity contribution in [1.29, 1.82) is 0 Å². The molecule has 0 atom stereocenters. The first-order chi connectivity index (χ1) is 12.8. The highest BCUT2D eigenvalue weighted by Crippen LogP contribution is 2.36. The lowest BCUT2D eigenvalue weighted by atomic mass is 10.1. The molecule has 0 bridgehead atoms. The molecule has 1 amide bonds. The van der Waals surface area contributed by atoms with E-state index in [0.29, 0.717) is 0 Å². The molecule has 5 nitrogen and oxygen atoms in total.